The van der Waals surface area contributed by atoms with E-state index < -0.39 is 5.97 Å². The van der Waals surface area contributed by atoms with E-state index in [1.54, 1.807) is 12.1 Å². The average molecular weight is 355 g/mol. The number of hydrogen-bond donors (Lipinski definition) is 1. The Morgan fingerprint density at radius 1 is 1.42 bits per heavy atom. The van der Waals surface area contributed by atoms with Crippen LogP contribution < -0.4 is 0 Å². The molecular formula is C9H10O2Tl. The summed E-state index contributed by atoms with van der Waals surface area (Å²) in [5, 5.41) is 8.70. The zero-order valence-electron chi connectivity index (χ0n) is 6.95. The van der Waals surface area contributed by atoms with Gasteiger partial charge in [-0.15, -0.1) is 0 Å². The molecule has 1 radical (unpaired) electrons. The van der Waals surface area contributed by atoms with Crippen molar-refractivity contribution in [1.29, 1.82) is 0 Å². The quantitative estimate of drug-likeness (QED) is 0.819. The van der Waals surface area contributed by atoms with Gasteiger partial charge in [-0.05, 0) is 18.1 Å². The van der Waals surface area contributed by atoms with Gasteiger partial charge in [0.1, 0.15) is 0 Å². The summed E-state index contributed by atoms with van der Waals surface area (Å²) in [6.07, 6.45) is 0.766. The van der Waals surface area contributed by atoms with Gasteiger partial charge in [-0.3, -0.25) is 0 Å². The Morgan fingerprint density at radius 3 is 2.42 bits per heavy atom. The van der Waals surface area contributed by atoms with E-state index in [1.165, 1.54) is 0 Å². The van der Waals surface area contributed by atoms with Crippen molar-refractivity contribution in [2.45, 2.75) is 13.3 Å². The second-order valence-corrected chi connectivity index (χ2v) is 2.32. The largest absolute Gasteiger partial charge is 0.478 e. The first-order chi connectivity index (χ1) is 5.25. The van der Waals surface area contributed by atoms with Crippen LogP contribution in [0.5, 0.6) is 0 Å². The van der Waals surface area contributed by atoms with E-state index in [0.717, 1.165) is 12.0 Å². The number of hydrogen-bond acceptors (Lipinski definition) is 1. The molecule has 0 heterocycles. The van der Waals surface area contributed by atoms with Crippen LogP contribution in [0.15, 0.2) is 24.3 Å². The van der Waals surface area contributed by atoms with Crippen LogP contribution in [0, 0.1) is 0 Å². The maximum atomic E-state index is 10.6. The molecule has 0 spiro atoms. The zero-order chi connectivity index (χ0) is 8.27. The molecule has 0 atom stereocenters. The van der Waals surface area contributed by atoms with Crippen molar-refractivity contribution in [1.82, 2.24) is 0 Å². The molecule has 12 heavy (non-hydrogen) atoms. The van der Waals surface area contributed by atoms with Crippen molar-refractivity contribution < 1.29 is 9.90 Å². The summed E-state index contributed by atoms with van der Waals surface area (Å²) in [6.45, 7) is 1.95. The Bertz CT molecular complexity index is 271. The van der Waals surface area contributed by atoms with Crippen molar-refractivity contribution in [2.24, 2.45) is 0 Å². The first-order valence-corrected chi connectivity index (χ1v) is 3.57. The summed E-state index contributed by atoms with van der Waals surface area (Å²) in [5.41, 5.74) is 1.30. The van der Waals surface area contributed by atoms with E-state index >= 15 is 0 Å². The predicted molar refractivity (Wildman–Crippen MR) is 48.5 cm³/mol. The van der Waals surface area contributed by atoms with E-state index in [2.05, 4.69) is 0 Å². The fourth-order valence-corrected chi connectivity index (χ4v) is 1.04. The minimum atomic E-state index is -0.845. The molecule has 0 saturated carbocycles. The van der Waals surface area contributed by atoms with Crippen LogP contribution in [0.4, 0.5) is 0 Å². The van der Waals surface area contributed by atoms with Gasteiger partial charge in [-0.1, -0.05) is 25.1 Å². The van der Waals surface area contributed by atoms with Crippen LogP contribution in [-0.2, 0) is 6.42 Å². The number of rotatable bonds is 2. The van der Waals surface area contributed by atoms with E-state index in [4.69, 9.17) is 5.11 Å². The SMILES string of the molecule is CCc1ccccc1C(=O)O.[Tl]. The molecule has 0 aliphatic heterocycles. The van der Waals surface area contributed by atoms with Crippen molar-refractivity contribution in [3.8, 4) is 0 Å². The number of aromatic carboxylic acids is 1. The third-order valence-electron chi connectivity index (χ3n) is 1.63. The second kappa shape index (κ2) is 5.29. The summed E-state index contributed by atoms with van der Waals surface area (Å²) < 4.78 is 0. The van der Waals surface area contributed by atoms with E-state index in [1.807, 2.05) is 19.1 Å². The number of carboxylic acid groups (broad SMARTS) is 1. The molecule has 0 bridgehead atoms. The fraction of sp³-hybridized carbons (Fsp3) is 0.222. The van der Waals surface area contributed by atoms with Crippen LogP contribution in [0.25, 0.3) is 0 Å². The molecule has 0 fully saturated rings. The fourth-order valence-electron chi connectivity index (χ4n) is 1.04. The molecule has 0 aliphatic carbocycles. The molecule has 1 rings (SSSR count). The van der Waals surface area contributed by atoms with Crippen LogP contribution in [0.2, 0.25) is 0 Å². The van der Waals surface area contributed by atoms with E-state index in [0.29, 0.717) is 5.56 Å². The van der Waals surface area contributed by atoms with Crippen molar-refractivity contribution in [3.05, 3.63) is 35.4 Å². The number of carbonyl (C=O) groups is 1. The van der Waals surface area contributed by atoms with Gasteiger partial charge in [0, 0.05) is 27.3 Å². The van der Waals surface area contributed by atoms with Gasteiger partial charge in [-0.25, -0.2) is 4.79 Å². The molecule has 1 aromatic rings. The first-order valence-electron chi connectivity index (χ1n) is 3.57. The number of aryl methyl sites for hydroxylation is 1. The maximum Gasteiger partial charge on any atom is 0.335 e. The molecular weight excluding hydrogens is 344 g/mol. The van der Waals surface area contributed by atoms with Gasteiger partial charge in [0.15, 0.2) is 0 Å². The summed E-state index contributed by atoms with van der Waals surface area (Å²) in [7, 11) is 0. The van der Waals surface area contributed by atoms with E-state index in [-0.39, 0.29) is 27.3 Å². The van der Waals surface area contributed by atoms with Gasteiger partial charge < -0.3 is 5.11 Å². The molecule has 1 N–H and O–H groups in total. The van der Waals surface area contributed by atoms with Gasteiger partial charge in [0.25, 0.3) is 0 Å². The Kier molecular flexibility index (Phi) is 5.12. The minimum Gasteiger partial charge on any atom is -0.478 e. The van der Waals surface area contributed by atoms with Gasteiger partial charge in [0.05, 0.1) is 5.56 Å². The maximum absolute atomic E-state index is 10.6. The molecule has 0 amide bonds. The third kappa shape index (κ3) is 2.58. The molecule has 1 aromatic carbocycles. The molecule has 2 nitrogen and oxygen atoms in total. The normalized spacial score (nSPS) is 8.75. The van der Waals surface area contributed by atoms with Crippen LogP contribution in [0.3, 0.4) is 0 Å². The summed E-state index contributed by atoms with van der Waals surface area (Å²) in [6, 6.07) is 7.05. The van der Waals surface area contributed by atoms with Crippen LogP contribution in [-0.4, -0.2) is 38.4 Å². The molecule has 0 aliphatic rings. The minimum absolute atomic E-state index is 0. The Balaban J connectivity index is 0.00000121. The monoisotopic (exact) mass is 355 g/mol. The zero-order valence-corrected chi connectivity index (χ0v) is 11.4. The summed E-state index contributed by atoms with van der Waals surface area (Å²) in [4.78, 5) is 10.6. The Labute approximate surface area is 91.8 Å². The van der Waals surface area contributed by atoms with Gasteiger partial charge >= 0.3 is 5.97 Å². The predicted octanol–water partition coefficient (Wildman–Crippen LogP) is 1.57. The molecule has 0 aromatic heterocycles. The average Bonchev–Trinajstić information content (AvgIpc) is 2.04. The smallest absolute Gasteiger partial charge is 0.335 e. The third-order valence-corrected chi connectivity index (χ3v) is 1.63. The van der Waals surface area contributed by atoms with Gasteiger partial charge in [-0.2, -0.15) is 0 Å². The number of benzene rings is 1. The summed E-state index contributed by atoms with van der Waals surface area (Å²) >= 11 is 0. The van der Waals surface area contributed by atoms with Crippen molar-refractivity contribution >= 4 is 33.3 Å². The van der Waals surface area contributed by atoms with Crippen LogP contribution in [0.1, 0.15) is 22.8 Å². The van der Waals surface area contributed by atoms with Crippen LogP contribution >= 0.6 is 0 Å². The Morgan fingerprint density at radius 2 is 2.00 bits per heavy atom. The molecule has 61 valence electrons. The molecule has 0 unspecified atom stereocenters. The second-order valence-electron chi connectivity index (χ2n) is 2.32. The topological polar surface area (TPSA) is 37.3 Å². The van der Waals surface area contributed by atoms with Crippen molar-refractivity contribution in [2.75, 3.05) is 0 Å². The first kappa shape index (κ1) is 11.6. The van der Waals surface area contributed by atoms with Crippen molar-refractivity contribution in [3.63, 3.8) is 0 Å². The molecule has 0 saturated heterocycles. The van der Waals surface area contributed by atoms with E-state index in [9.17, 15) is 4.79 Å². The summed E-state index contributed by atoms with van der Waals surface area (Å²) in [5.74, 6) is -0.845. The standard InChI is InChI=1S/C9H10O2.Tl/c1-2-7-5-3-4-6-8(7)9(10)11;/h3-6H,2H2,1H3,(H,10,11);. The number of carboxylic acids is 1. The molecule has 3 heteroatoms. The van der Waals surface area contributed by atoms with Gasteiger partial charge in [0.2, 0.25) is 0 Å². The Hall–Kier alpha value is -0.388.